The Hall–Kier alpha value is -2.33. The first-order chi connectivity index (χ1) is 10.7. The van der Waals surface area contributed by atoms with E-state index in [0.717, 1.165) is 21.9 Å². The topological polar surface area (TPSA) is 35.5 Å². The van der Waals surface area contributed by atoms with Crippen LogP contribution in [0.1, 0.15) is 11.1 Å². The third-order valence-electron chi connectivity index (χ3n) is 3.28. The van der Waals surface area contributed by atoms with Crippen LogP contribution in [0.3, 0.4) is 0 Å². The number of fused-ring (bicyclic) bond motifs is 1. The molecule has 0 fully saturated rings. The zero-order valence-electron chi connectivity index (χ0n) is 11.7. The van der Waals surface area contributed by atoms with Gasteiger partial charge in [-0.05, 0) is 29.8 Å². The molecule has 0 radical (unpaired) electrons. The lowest BCUT2D eigenvalue weighted by Crippen LogP contribution is -1.99. The number of aldehydes is 1. The van der Waals surface area contributed by atoms with Gasteiger partial charge in [-0.3, -0.25) is 4.79 Å². The van der Waals surface area contributed by atoms with E-state index in [1.807, 2.05) is 48.5 Å². The van der Waals surface area contributed by atoms with Crippen molar-refractivity contribution in [3.05, 3.63) is 76.5 Å². The van der Waals surface area contributed by atoms with Gasteiger partial charge in [0.25, 0.3) is 0 Å². The maximum atomic E-state index is 11.7. The first-order valence-electron chi connectivity index (χ1n) is 6.72. The second-order valence-corrected chi connectivity index (χ2v) is 5.71. The highest BCUT2D eigenvalue weighted by Crippen LogP contribution is 2.36. The lowest BCUT2D eigenvalue weighted by Gasteiger charge is -2.12. The normalized spacial score (nSPS) is 16.0. The monoisotopic (exact) mass is 356 g/mol. The van der Waals surface area contributed by atoms with Crippen LogP contribution in [0.2, 0.25) is 0 Å². The summed E-state index contributed by atoms with van der Waals surface area (Å²) in [6.45, 7) is 4.08. The zero-order chi connectivity index (χ0) is 15.5. The standard InChI is InChI=1S/C18H13BrO3/c1-12-11-21-17-5-3-2-4-15(17)18(22-12)16(10-20)13-6-8-14(19)9-7-13/h2-10H,1,11H2/b18-16+. The van der Waals surface area contributed by atoms with Crippen LogP contribution in [0.15, 0.2) is 65.3 Å². The van der Waals surface area contributed by atoms with Crippen molar-refractivity contribution in [2.24, 2.45) is 0 Å². The summed E-state index contributed by atoms with van der Waals surface area (Å²) in [5.41, 5.74) is 1.98. The Morgan fingerprint density at radius 3 is 2.59 bits per heavy atom. The summed E-state index contributed by atoms with van der Waals surface area (Å²) < 4.78 is 12.4. The predicted octanol–water partition coefficient (Wildman–Crippen LogP) is 4.44. The van der Waals surface area contributed by atoms with Crippen LogP contribution >= 0.6 is 15.9 Å². The number of rotatable bonds is 2. The first-order valence-corrected chi connectivity index (χ1v) is 7.51. The number of hydrogen-bond donors (Lipinski definition) is 0. The molecule has 0 spiro atoms. The van der Waals surface area contributed by atoms with Crippen molar-refractivity contribution in [3.8, 4) is 5.75 Å². The van der Waals surface area contributed by atoms with E-state index in [-0.39, 0.29) is 6.61 Å². The molecule has 110 valence electrons. The van der Waals surface area contributed by atoms with Crippen molar-refractivity contribution in [1.82, 2.24) is 0 Å². The molecule has 0 N–H and O–H groups in total. The van der Waals surface area contributed by atoms with Gasteiger partial charge in [0.2, 0.25) is 0 Å². The molecular formula is C18H13BrO3. The molecule has 3 nitrogen and oxygen atoms in total. The molecular weight excluding hydrogens is 344 g/mol. The third kappa shape index (κ3) is 2.83. The molecule has 4 heteroatoms. The Balaban J connectivity index is 2.22. The second kappa shape index (κ2) is 6.20. The Bertz CT molecular complexity index is 760. The molecule has 0 aliphatic carbocycles. The highest BCUT2D eigenvalue weighted by Gasteiger charge is 2.21. The minimum Gasteiger partial charge on any atom is -0.485 e. The van der Waals surface area contributed by atoms with E-state index in [9.17, 15) is 4.79 Å². The number of halogens is 1. The quantitative estimate of drug-likeness (QED) is 0.589. The van der Waals surface area contributed by atoms with Gasteiger partial charge >= 0.3 is 0 Å². The molecule has 3 rings (SSSR count). The fraction of sp³-hybridized carbons (Fsp3) is 0.0556. The van der Waals surface area contributed by atoms with Crippen molar-refractivity contribution in [1.29, 1.82) is 0 Å². The number of ether oxygens (including phenoxy) is 2. The molecule has 0 saturated carbocycles. The highest BCUT2D eigenvalue weighted by atomic mass is 79.9. The molecule has 22 heavy (non-hydrogen) atoms. The Morgan fingerprint density at radius 1 is 1.14 bits per heavy atom. The molecule has 0 aromatic heterocycles. The van der Waals surface area contributed by atoms with Crippen LogP contribution in [0.25, 0.3) is 11.3 Å². The minimum atomic E-state index is 0.257. The van der Waals surface area contributed by atoms with Crippen LogP contribution in [0.4, 0.5) is 0 Å². The molecule has 0 saturated heterocycles. The molecule has 1 aliphatic heterocycles. The van der Waals surface area contributed by atoms with Crippen molar-refractivity contribution < 1.29 is 14.3 Å². The maximum Gasteiger partial charge on any atom is 0.154 e. The Labute approximate surface area is 137 Å². The number of carbonyl (C=O) groups excluding carboxylic acids is 1. The van der Waals surface area contributed by atoms with E-state index in [0.29, 0.717) is 22.8 Å². The Kier molecular flexibility index (Phi) is 4.11. The maximum absolute atomic E-state index is 11.7. The SMILES string of the molecule is C=C1COc2ccccc2/C(=C(/C=O)c2ccc(Br)cc2)O1. The van der Waals surface area contributed by atoms with Crippen LogP contribution in [-0.2, 0) is 9.53 Å². The Morgan fingerprint density at radius 2 is 1.86 bits per heavy atom. The number of carbonyl (C=O) groups is 1. The zero-order valence-corrected chi connectivity index (χ0v) is 13.3. The molecule has 0 bridgehead atoms. The van der Waals surface area contributed by atoms with Gasteiger partial charge < -0.3 is 9.47 Å². The van der Waals surface area contributed by atoms with E-state index in [1.54, 1.807) is 0 Å². The van der Waals surface area contributed by atoms with Gasteiger partial charge in [-0.1, -0.05) is 46.8 Å². The van der Waals surface area contributed by atoms with Crippen LogP contribution in [-0.4, -0.2) is 12.9 Å². The number of allylic oxidation sites excluding steroid dienone is 1. The first kappa shape index (κ1) is 14.6. The smallest absolute Gasteiger partial charge is 0.154 e. The number of benzene rings is 2. The fourth-order valence-electron chi connectivity index (χ4n) is 2.25. The minimum absolute atomic E-state index is 0.257. The summed E-state index contributed by atoms with van der Waals surface area (Å²) in [6.07, 6.45) is 0.800. The van der Waals surface area contributed by atoms with Gasteiger partial charge in [0, 0.05) is 4.47 Å². The fourth-order valence-corrected chi connectivity index (χ4v) is 2.51. The summed E-state index contributed by atoms with van der Waals surface area (Å²) in [5.74, 6) is 1.60. The van der Waals surface area contributed by atoms with E-state index in [4.69, 9.17) is 9.47 Å². The van der Waals surface area contributed by atoms with Crippen LogP contribution in [0, 0.1) is 0 Å². The summed E-state index contributed by atoms with van der Waals surface area (Å²) in [4.78, 5) is 11.7. The summed E-state index contributed by atoms with van der Waals surface area (Å²) in [6, 6.07) is 15.0. The van der Waals surface area contributed by atoms with Gasteiger partial charge in [-0.15, -0.1) is 0 Å². The second-order valence-electron chi connectivity index (χ2n) is 4.79. The van der Waals surface area contributed by atoms with E-state index in [2.05, 4.69) is 22.5 Å². The van der Waals surface area contributed by atoms with Crippen LogP contribution < -0.4 is 4.74 Å². The van der Waals surface area contributed by atoms with Crippen molar-refractivity contribution in [2.45, 2.75) is 0 Å². The molecule has 2 aromatic carbocycles. The lowest BCUT2D eigenvalue weighted by atomic mass is 10.0. The van der Waals surface area contributed by atoms with E-state index >= 15 is 0 Å². The molecule has 0 amide bonds. The van der Waals surface area contributed by atoms with E-state index < -0.39 is 0 Å². The van der Waals surface area contributed by atoms with Gasteiger partial charge in [0.15, 0.2) is 6.29 Å². The van der Waals surface area contributed by atoms with Crippen molar-refractivity contribution in [2.75, 3.05) is 6.61 Å². The summed E-state index contributed by atoms with van der Waals surface area (Å²) in [5, 5.41) is 0. The number of hydrogen-bond acceptors (Lipinski definition) is 3. The van der Waals surface area contributed by atoms with Crippen molar-refractivity contribution >= 4 is 33.5 Å². The van der Waals surface area contributed by atoms with Gasteiger partial charge in [-0.25, -0.2) is 0 Å². The number of para-hydroxylation sites is 1. The summed E-state index contributed by atoms with van der Waals surface area (Å²) in [7, 11) is 0. The average molecular weight is 357 g/mol. The van der Waals surface area contributed by atoms with E-state index in [1.165, 1.54) is 0 Å². The molecule has 0 unspecified atom stereocenters. The third-order valence-corrected chi connectivity index (χ3v) is 3.81. The predicted molar refractivity (Wildman–Crippen MR) is 89.2 cm³/mol. The lowest BCUT2D eigenvalue weighted by molar-refractivity contribution is -0.103. The van der Waals surface area contributed by atoms with Gasteiger partial charge in [0.05, 0.1) is 11.1 Å². The van der Waals surface area contributed by atoms with Gasteiger partial charge in [0.1, 0.15) is 23.9 Å². The van der Waals surface area contributed by atoms with Gasteiger partial charge in [-0.2, -0.15) is 0 Å². The van der Waals surface area contributed by atoms with Crippen molar-refractivity contribution in [3.63, 3.8) is 0 Å². The molecule has 1 aliphatic rings. The molecule has 1 heterocycles. The van der Waals surface area contributed by atoms with Crippen LogP contribution in [0.5, 0.6) is 5.75 Å². The largest absolute Gasteiger partial charge is 0.485 e. The highest BCUT2D eigenvalue weighted by molar-refractivity contribution is 9.10. The molecule has 0 atom stereocenters. The molecule has 2 aromatic rings. The average Bonchev–Trinajstić information content (AvgIpc) is 2.70. The summed E-state index contributed by atoms with van der Waals surface area (Å²) >= 11 is 3.39.